The SMILES string of the molecule is COc1ccccc1CCCNC(=O)[C@H](C)Oc1cc(C)ccc1C. The Balaban J connectivity index is 1.79. The van der Waals surface area contributed by atoms with Gasteiger partial charge in [0.15, 0.2) is 6.10 Å². The van der Waals surface area contributed by atoms with Crippen LogP contribution in [-0.4, -0.2) is 25.7 Å². The number of benzene rings is 2. The predicted octanol–water partition coefficient (Wildman–Crippen LogP) is 3.83. The van der Waals surface area contributed by atoms with Gasteiger partial charge in [0, 0.05) is 6.54 Å². The van der Waals surface area contributed by atoms with Crippen LogP contribution in [0.3, 0.4) is 0 Å². The lowest BCUT2D eigenvalue weighted by molar-refractivity contribution is -0.127. The third-order valence-corrected chi connectivity index (χ3v) is 4.13. The maximum atomic E-state index is 12.2. The van der Waals surface area contributed by atoms with Crippen LogP contribution in [0.1, 0.15) is 30.0 Å². The summed E-state index contributed by atoms with van der Waals surface area (Å²) in [6.07, 6.45) is 1.19. The Kier molecular flexibility index (Phi) is 6.87. The van der Waals surface area contributed by atoms with Gasteiger partial charge in [0.2, 0.25) is 0 Å². The molecule has 0 aliphatic rings. The van der Waals surface area contributed by atoms with Crippen LogP contribution in [0.5, 0.6) is 11.5 Å². The van der Waals surface area contributed by atoms with Crippen molar-refractivity contribution in [2.45, 2.75) is 39.7 Å². The summed E-state index contributed by atoms with van der Waals surface area (Å²) in [5, 5.41) is 2.94. The summed E-state index contributed by atoms with van der Waals surface area (Å²) < 4.78 is 11.1. The number of ether oxygens (including phenoxy) is 2. The molecule has 4 nitrogen and oxygen atoms in total. The minimum absolute atomic E-state index is 0.0964. The van der Waals surface area contributed by atoms with E-state index in [0.29, 0.717) is 6.54 Å². The fraction of sp³-hybridized carbons (Fsp3) is 0.381. The molecule has 1 amide bonds. The van der Waals surface area contributed by atoms with E-state index in [4.69, 9.17) is 9.47 Å². The highest BCUT2D eigenvalue weighted by atomic mass is 16.5. The molecule has 2 rings (SSSR count). The molecule has 0 spiro atoms. The van der Waals surface area contributed by atoms with Gasteiger partial charge in [-0.1, -0.05) is 30.3 Å². The highest BCUT2D eigenvalue weighted by Gasteiger charge is 2.15. The van der Waals surface area contributed by atoms with Crippen LogP contribution >= 0.6 is 0 Å². The van der Waals surface area contributed by atoms with Crippen molar-refractivity contribution in [3.8, 4) is 11.5 Å². The first kappa shape index (κ1) is 18.8. The van der Waals surface area contributed by atoms with Crippen molar-refractivity contribution in [1.29, 1.82) is 0 Å². The lowest BCUT2D eigenvalue weighted by Crippen LogP contribution is -2.37. The zero-order valence-electron chi connectivity index (χ0n) is 15.5. The molecule has 0 aliphatic heterocycles. The number of methoxy groups -OCH3 is 1. The van der Waals surface area contributed by atoms with E-state index in [1.807, 2.05) is 56.3 Å². The van der Waals surface area contributed by atoms with E-state index in [9.17, 15) is 4.79 Å². The summed E-state index contributed by atoms with van der Waals surface area (Å²) in [5.74, 6) is 1.55. The van der Waals surface area contributed by atoms with E-state index in [-0.39, 0.29) is 5.91 Å². The number of aryl methyl sites for hydroxylation is 3. The van der Waals surface area contributed by atoms with Crippen LogP contribution in [0.4, 0.5) is 0 Å². The molecular weight excluding hydrogens is 314 g/mol. The van der Waals surface area contributed by atoms with Crippen LogP contribution in [0.2, 0.25) is 0 Å². The molecule has 0 fully saturated rings. The van der Waals surface area contributed by atoms with Crippen molar-refractivity contribution in [2.24, 2.45) is 0 Å². The number of para-hydroxylation sites is 1. The lowest BCUT2D eigenvalue weighted by Gasteiger charge is -2.17. The Morgan fingerprint density at radius 1 is 1.12 bits per heavy atom. The number of nitrogens with one attached hydrogen (secondary N) is 1. The highest BCUT2D eigenvalue weighted by molar-refractivity contribution is 5.80. The van der Waals surface area contributed by atoms with Crippen LogP contribution in [0, 0.1) is 13.8 Å². The average Bonchev–Trinajstić information content (AvgIpc) is 2.61. The smallest absolute Gasteiger partial charge is 0.260 e. The first-order chi connectivity index (χ1) is 12.0. The summed E-state index contributed by atoms with van der Waals surface area (Å²) >= 11 is 0. The Bertz CT molecular complexity index is 712. The number of hydrogen-bond donors (Lipinski definition) is 1. The molecule has 0 aromatic heterocycles. The zero-order valence-corrected chi connectivity index (χ0v) is 15.5. The van der Waals surface area contributed by atoms with Crippen molar-refractivity contribution in [2.75, 3.05) is 13.7 Å². The van der Waals surface area contributed by atoms with Gasteiger partial charge >= 0.3 is 0 Å². The van der Waals surface area contributed by atoms with Gasteiger partial charge in [-0.05, 0) is 62.4 Å². The Morgan fingerprint density at radius 3 is 2.64 bits per heavy atom. The van der Waals surface area contributed by atoms with Gasteiger partial charge in [-0.2, -0.15) is 0 Å². The number of amides is 1. The number of carbonyl (C=O) groups excluding carboxylic acids is 1. The second kappa shape index (κ2) is 9.11. The van der Waals surface area contributed by atoms with Crippen LogP contribution in [0.15, 0.2) is 42.5 Å². The van der Waals surface area contributed by atoms with Gasteiger partial charge < -0.3 is 14.8 Å². The van der Waals surface area contributed by atoms with E-state index in [0.717, 1.165) is 41.0 Å². The van der Waals surface area contributed by atoms with Crippen molar-refractivity contribution < 1.29 is 14.3 Å². The molecule has 0 unspecified atom stereocenters. The minimum Gasteiger partial charge on any atom is -0.496 e. The van der Waals surface area contributed by atoms with Gasteiger partial charge in [-0.3, -0.25) is 4.79 Å². The minimum atomic E-state index is -0.522. The second-order valence-electron chi connectivity index (χ2n) is 6.24. The third kappa shape index (κ3) is 5.52. The maximum Gasteiger partial charge on any atom is 0.260 e. The van der Waals surface area contributed by atoms with Crippen LogP contribution in [-0.2, 0) is 11.2 Å². The molecular formula is C21H27NO3. The quantitative estimate of drug-likeness (QED) is 0.742. The number of rotatable bonds is 8. The normalized spacial score (nSPS) is 11.7. The molecule has 0 bridgehead atoms. The average molecular weight is 341 g/mol. The van der Waals surface area contributed by atoms with Gasteiger partial charge in [0.1, 0.15) is 11.5 Å². The first-order valence-electron chi connectivity index (χ1n) is 8.64. The Labute approximate surface area is 150 Å². The molecule has 0 aliphatic carbocycles. The summed E-state index contributed by atoms with van der Waals surface area (Å²) in [6.45, 7) is 6.37. The monoisotopic (exact) mass is 341 g/mol. The second-order valence-corrected chi connectivity index (χ2v) is 6.24. The van der Waals surface area contributed by atoms with Crippen molar-refractivity contribution in [1.82, 2.24) is 5.32 Å². The fourth-order valence-electron chi connectivity index (χ4n) is 2.62. The third-order valence-electron chi connectivity index (χ3n) is 4.13. The molecule has 1 atom stereocenters. The standard InChI is InChI=1S/C21H27NO3/c1-15-11-12-16(2)20(14-15)25-17(3)21(23)22-13-7-9-18-8-5-6-10-19(18)24-4/h5-6,8,10-12,14,17H,7,9,13H2,1-4H3,(H,22,23)/t17-/m0/s1. The lowest BCUT2D eigenvalue weighted by atomic mass is 10.1. The van der Waals surface area contributed by atoms with Crippen LogP contribution < -0.4 is 14.8 Å². The summed E-state index contributed by atoms with van der Waals surface area (Å²) in [5.41, 5.74) is 3.30. The van der Waals surface area contributed by atoms with Gasteiger partial charge in [-0.15, -0.1) is 0 Å². The van der Waals surface area contributed by atoms with E-state index in [1.165, 1.54) is 0 Å². The molecule has 134 valence electrons. The van der Waals surface area contributed by atoms with Gasteiger partial charge in [-0.25, -0.2) is 0 Å². The maximum absolute atomic E-state index is 12.2. The molecule has 0 saturated heterocycles. The summed E-state index contributed by atoms with van der Waals surface area (Å²) in [4.78, 5) is 12.2. The molecule has 0 heterocycles. The zero-order chi connectivity index (χ0) is 18.2. The van der Waals surface area contributed by atoms with Crippen LogP contribution in [0.25, 0.3) is 0 Å². The molecule has 0 saturated carbocycles. The summed E-state index contributed by atoms with van der Waals surface area (Å²) in [7, 11) is 1.67. The number of hydrogen-bond acceptors (Lipinski definition) is 3. The van der Waals surface area contributed by atoms with Crippen molar-refractivity contribution >= 4 is 5.91 Å². The van der Waals surface area contributed by atoms with E-state index < -0.39 is 6.10 Å². The molecule has 25 heavy (non-hydrogen) atoms. The van der Waals surface area contributed by atoms with E-state index >= 15 is 0 Å². The van der Waals surface area contributed by atoms with Gasteiger partial charge in [0.25, 0.3) is 5.91 Å². The Hall–Kier alpha value is -2.49. The van der Waals surface area contributed by atoms with Crippen molar-refractivity contribution in [3.63, 3.8) is 0 Å². The Morgan fingerprint density at radius 2 is 1.88 bits per heavy atom. The molecule has 1 N–H and O–H groups in total. The topological polar surface area (TPSA) is 47.6 Å². The fourth-order valence-corrected chi connectivity index (χ4v) is 2.62. The predicted molar refractivity (Wildman–Crippen MR) is 100 cm³/mol. The number of carbonyl (C=O) groups is 1. The molecule has 2 aromatic carbocycles. The summed E-state index contributed by atoms with van der Waals surface area (Å²) in [6, 6.07) is 13.9. The molecule has 2 aromatic rings. The van der Waals surface area contributed by atoms with E-state index in [2.05, 4.69) is 5.32 Å². The first-order valence-corrected chi connectivity index (χ1v) is 8.64. The van der Waals surface area contributed by atoms with E-state index in [1.54, 1.807) is 14.0 Å². The van der Waals surface area contributed by atoms with Gasteiger partial charge in [0.05, 0.1) is 7.11 Å². The van der Waals surface area contributed by atoms with Crippen molar-refractivity contribution in [3.05, 3.63) is 59.2 Å². The highest BCUT2D eigenvalue weighted by Crippen LogP contribution is 2.21. The molecule has 0 radical (unpaired) electrons. The molecule has 4 heteroatoms. The largest absolute Gasteiger partial charge is 0.496 e.